The second kappa shape index (κ2) is 5.61. The van der Waals surface area contributed by atoms with Crippen LogP contribution in [0, 0.1) is 0 Å². The molecule has 1 heterocycles. The summed E-state index contributed by atoms with van der Waals surface area (Å²) in [5.74, 6) is -3.45. The molecule has 0 aliphatic carbocycles. The van der Waals surface area contributed by atoms with Gasteiger partial charge in [0.05, 0.1) is 19.3 Å². The summed E-state index contributed by atoms with van der Waals surface area (Å²) < 4.78 is 86.8. The molecule has 0 amide bonds. The third-order valence-electron chi connectivity index (χ3n) is 2.08. The first kappa shape index (κ1) is 16.8. The predicted molar refractivity (Wildman–Crippen MR) is 57.5 cm³/mol. The molecule has 1 aromatic heterocycles. The molecule has 3 N–H and O–H groups in total. The van der Waals surface area contributed by atoms with Crippen LogP contribution < -0.4 is 10.5 Å². The molecule has 0 spiro atoms. The van der Waals surface area contributed by atoms with E-state index < -0.39 is 46.7 Å². The van der Waals surface area contributed by atoms with Crippen molar-refractivity contribution in [1.82, 2.24) is 14.5 Å². The Morgan fingerprint density at radius 1 is 1.30 bits per heavy atom. The van der Waals surface area contributed by atoms with Crippen molar-refractivity contribution in [1.29, 1.82) is 0 Å². The van der Waals surface area contributed by atoms with Crippen LogP contribution in [-0.2, 0) is 16.6 Å². The molecule has 6 nitrogen and oxygen atoms in total. The van der Waals surface area contributed by atoms with Gasteiger partial charge in [0, 0.05) is 6.20 Å². The predicted octanol–water partition coefficient (Wildman–Crippen LogP) is 0.318. The molecule has 12 heteroatoms. The van der Waals surface area contributed by atoms with E-state index in [-0.39, 0.29) is 0 Å². The van der Waals surface area contributed by atoms with E-state index in [1.54, 1.807) is 4.72 Å². The normalized spacial score (nSPS) is 13.7. The Hall–Kier alpha value is -1.27. The minimum absolute atomic E-state index is 0.343. The summed E-state index contributed by atoms with van der Waals surface area (Å²) in [6, 6.07) is 0. The third-order valence-corrected chi connectivity index (χ3v) is 3.44. The zero-order valence-electron chi connectivity index (χ0n) is 9.86. The largest absolute Gasteiger partial charge is 0.408 e. The van der Waals surface area contributed by atoms with E-state index in [1.807, 2.05) is 0 Å². The lowest BCUT2D eigenvalue weighted by molar-refractivity contribution is -0.142. The summed E-state index contributed by atoms with van der Waals surface area (Å²) in [7, 11) is -4.37. The number of aromatic nitrogens is 2. The zero-order valence-corrected chi connectivity index (χ0v) is 10.7. The van der Waals surface area contributed by atoms with Gasteiger partial charge in [0.15, 0.2) is 0 Å². The fraction of sp³-hybridized carbons (Fsp3) is 0.625. The van der Waals surface area contributed by atoms with Crippen LogP contribution in [0.4, 0.5) is 22.0 Å². The van der Waals surface area contributed by atoms with E-state index in [0.717, 1.165) is 0 Å². The van der Waals surface area contributed by atoms with Crippen molar-refractivity contribution in [2.75, 3.05) is 13.1 Å². The molecule has 1 aromatic rings. The molecule has 0 atom stereocenters. The molecule has 20 heavy (non-hydrogen) atoms. The Morgan fingerprint density at radius 2 is 1.90 bits per heavy atom. The van der Waals surface area contributed by atoms with E-state index in [4.69, 9.17) is 5.73 Å². The number of nitrogens with zero attached hydrogens (tertiary/aromatic N) is 2. The van der Waals surface area contributed by atoms with Crippen LogP contribution in [0.25, 0.3) is 0 Å². The lowest BCUT2D eigenvalue weighted by Crippen LogP contribution is -2.41. The summed E-state index contributed by atoms with van der Waals surface area (Å²) in [4.78, 5) is -0.644. The van der Waals surface area contributed by atoms with Gasteiger partial charge in [-0.2, -0.15) is 18.3 Å². The van der Waals surface area contributed by atoms with Gasteiger partial charge in [0.1, 0.15) is 11.4 Å². The highest BCUT2D eigenvalue weighted by atomic mass is 32.2. The second-order valence-electron chi connectivity index (χ2n) is 3.87. The van der Waals surface area contributed by atoms with Gasteiger partial charge >= 0.3 is 6.18 Å². The molecule has 0 aromatic carbocycles. The highest BCUT2D eigenvalue weighted by Gasteiger charge is 2.31. The maximum atomic E-state index is 12.8. The molecule has 0 bridgehead atoms. The highest BCUT2D eigenvalue weighted by molar-refractivity contribution is 7.89. The minimum atomic E-state index is -4.58. The monoisotopic (exact) mass is 322 g/mol. The van der Waals surface area contributed by atoms with Crippen LogP contribution in [0.1, 0.15) is 0 Å². The van der Waals surface area contributed by atoms with Crippen LogP contribution in [-0.4, -0.2) is 43.4 Å². The average molecular weight is 322 g/mol. The number of nitrogens with two attached hydrogens (primary N) is 1. The number of hydrogen-bond donors (Lipinski definition) is 2. The summed E-state index contributed by atoms with van der Waals surface area (Å²) in [6.07, 6.45) is -3.35. The zero-order chi connectivity index (χ0) is 15.6. The summed E-state index contributed by atoms with van der Waals surface area (Å²) in [6.45, 7) is -3.80. The van der Waals surface area contributed by atoms with Crippen molar-refractivity contribution in [3.63, 3.8) is 0 Å². The quantitative estimate of drug-likeness (QED) is 0.738. The van der Waals surface area contributed by atoms with Crippen molar-refractivity contribution in [2.24, 2.45) is 5.73 Å². The minimum Gasteiger partial charge on any atom is -0.325 e. The Morgan fingerprint density at radius 3 is 2.40 bits per heavy atom. The Bertz CT molecular complexity index is 553. The van der Waals surface area contributed by atoms with Gasteiger partial charge in [-0.05, 0) is 0 Å². The van der Waals surface area contributed by atoms with Gasteiger partial charge in [-0.1, -0.05) is 0 Å². The van der Waals surface area contributed by atoms with Crippen LogP contribution in [0.5, 0.6) is 0 Å². The van der Waals surface area contributed by atoms with Crippen LogP contribution >= 0.6 is 0 Å². The number of alkyl halides is 5. The van der Waals surface area contributed by atoms with Gasteiger partial charge in [-0.3, -0.25) is 4.68 Å². The third kappa shape index (κ3) is 5.02. The molecular weight excluding hydrogens is 311 g/mol. The fourth-order valence-corrected chi connectivity index (χ4v) is 2.12. The van der Waals surface area contributed by atoms with Gasteiger partial charge < -0.3 is 5.73 Å². The molecule has 0 aliphatic heterocycles. The van der Waals surface area contributed by atoms with Crippen molar-refractivity contribution in [3.8, 4) is 0 Å². The molecule has 1 rings (SSSR count). The first-order valence-corrected chi connectivity index (χ1v) is 6.60. The number of rotatable bonds is 6. The van der Waals surface area contributed by atoms with E-state index in [9.17, 15) is 30.4 Å². The van der Waals surface area contributed by atoms with Crippen LogP contribution in [0.2, 0.25) is 0 Å². The molecule has 0 saturated carbocycles. The standard InChI is InChI=1S/C8H11F5N4O2S/c9-7(10,3-14)4-16-20(18,19)6-1-15-17(2-6)5-8(11,12)13/h1-2,16H,3-5,14H2. The van der Waals surface area contributed by atoms with E-state index >= 15 is 0 Å². The molecule has 0 aliphatic rings. The average Bonchev–Trinajstić information content (AvgIpc) is 2.73. The van der Waals surface area contributed by atoms with Gasteiger partial charge in [-0.25, -0.2) is 21.9 Å². The lowest BCUT2D eigenvalue weighted by atomic mass is 10.3. The maximum absolute atomic E-state index is 12.8. The first-order chi connectivity index (χ1) is 8.95. The number of halogens is 5. The van der Waals surface area contributed by atoms with Crippen molar-refractivity contribution < 1.29 is 30.4 Å². The summed E-state index contributed by atoms with van der Waals surface area (Å²) in [5, 5.41) is 3.20. The molecule has 0 unspecified atom stereocenters. The molecule has 0 fully saturated rings. The lowest BCUT2D eigenvalue weighted by Gasteiger charge is -2.14. The topological polar surface area (TPSA) is 90.0 Å². The van der Waals surface area contributed by atoms with E-state index in [1.165, 1.54) is 0 Å². The molecule has 0 saturated heterocycles. The maximum Gasteiger partial charge on any atom is 0.408 e. The first-order valence-electron chi connectivity index (χ1n) is 5.12. The Balaban J connectivity index is 2.79. The number of hydrogen-bond acceptors (Lipinski definition) is 4. The summed E-state index contributed by atoms with van der Waals surface area (Å²) in [5.41, 5.74) is 4.72. The Kier molecular flexibility index (Phi) is 4.71. The molecular formula is C8H11F5N4O2S. The van der Waals surface area contributed by atoms with Crippen LogP contribution in [0.3, 0.4) is 0 Å². The SMILES string of the molecule is NCC(F)(F)CNS(=O)(=O)c1cnn(CC(F)(F)F)c1. The van der Waals surface area contributed by atoms with Crippen molar-refractivity contribution >= 4 is 10.0 Å². The van der Waals surface area contributed by atoms with E-state index in [0.29, 0.717) is 17.1 Å². The van der Waals surface area contributed by atoms with Crippen LogP contribution in [0.15, 0.2) is 17.3 Å². The van der Waals surface area contributed by atoms with Crippen molar-refractivity contribution in [3.05, 3.63) is 12.4 Å². The smallest absolute Gasteiger partial charge is 0.325 e. The van der Waals surface area contributed by atoms with E-state index in [2.05, 4.69) is 5.10 Å². The van der Waals surface area contributed by atoms with Gasteiger partial charge in [-0.15, -0.1) is 0 Å². The summed E-state index contributed by atoms with van der Waals surface area (Å²) >= 11 is 0. The molecule has 116 valence electrons. The fourth-order valence-electron chi connectivity index (χ4n) is 1.11. The number of nitrogens with one attached hydrogen (secondary N) is 1. The van der Waals surface area contributed by atoms with Crippen molar-refractivity contribution in [2.45, 2.75) is 23.5 Å². The second-order valence-corrected chi connectivity index (χ2v) is 5.64. The van der Waals surface area contributed by atoms with Gasteiger partial charge in [0.25, 0.3) is 5.92 Å². The highest BCUT2D eigenvalue weighted by Crippen LogP contribution is 2.18. The Labute approximate surface area is 110 Å². The van der Waals surface area contributed by atoms with Gasteiger partial charge in [0.2, 0.25) is 10.0 Å². The number of sulfonamides is 1. The molecule has 0 radical (unpaired) electrons.